The molecule has 90 valence electrons. The van der Waals surface area contributed by atoms with Gasteiger partial charge in [-0.25, -0.2) is 8.78 Å². The average Bonchev–Trinajstić information content (AvgIpc) is 2.38. The molecule has 2 nitrogen and oxygen atoms in total. The van der Waals surface area contributed by atoms with Gasteiger partial charge in [0, 0.05) is 5.56 Å². The van der Waals surface area contributed by atoms with Crippen molar-refractivity contribution in [2.75, 3.05) is 0 Å². The van der Waals surface area contributed by atoms with Crippen LogP contribution in [0.25, 0.3) is 11.1 Å². The van der Waals surface area contributed by atoms with Crippen molar-refractivity contribution in [3.8, 4) is 17.2 Å². The van der Waals surface area contributed by atoms with E-state index in [0.717, 1.165) is 0 Å². The van der Waals surface area contributed by atoms with Crippen LogP contribution in [-0.4, -0.2) is 4.98 Å². The molecule has 1 aromatic heterocycles. The molecule has 0 atom stereocenters. The molecule has 0 saturated carbocycles. The topological polar surface area (TPSA) is 39.6 Å². The van der Waals surface area contributed by atoms with Gasteiger partial charge in [-0.2, -0.15) is 5.26 Å². The van der Waals surface area contributed by atoms with Gasteiger partial charge in [-0.1, -0.05) is 42.5 Å². The first-order valence-corrected chi connectivity index (χ1v) is 5.55. The highest BCUT2D eigenvalue weighted by Gasteiger charge is 2.14. The Hall–Kier alpha value is -2.06. The lowest BCUT2D eigenvalue weighted by Crippen LogP contribution is -1.96. The van der Waals surface area contributed by atoms with Crippen LogP contribution in [0.2, 0.25) is 0 Å². The van der Waals surface area contributed by atoms with E-state index in [0.29, 0.717) is 11.1 Å². The lowest BCUT2D eigenvalue weighted by molar-refractivity contribution is 0.146. The SMILES string of the molecule is N#Cc1c(-c2ccccc2)cc(C(F)F)[nH]c1=S. The number of aromatic amines is 1. The fraction of sp³-hybridized carbons (Fsp3) is 0.0769. The number of hydrogen-bond acceptors (Lipinski definition) is 2. The molecule has 5 heteroatoms. The van der Waals surface area contributed by atoms with E-state index in [9.17, 15) is 8.78 Å². The summed E-state index contributed by atoms with van der Waals surface area (Å²) in [7, 11) is 0. The van der Waals surface area contributed by atoms with Crippen molar-refractivity contribution in [1.29, 1.82) is 5.26 Å². The van der Waals surface area contributed by atoms with Crippen LogP contribution in [0.5, 0.6) is 0 Å². The number of nitrogens with one attached hydrogen (secondary N) is 1. The van der Waals surface area contributed by atoms with Crippen molar-refractivity contribution in [2.24, 2.45) is 0 Å². The average molecular weight is 262 g/mol. The van der Waals surface area contributed by atoms with Gasteiger partial charge >= 0.3 is 0 Å². The Balaban J connectivity index is 2.73. The summed E-state index contributed by atoms with van der Waals surface area (Å²) in [6, 6.07) is 12.1. The minimum absolute atomic E-state index is 0.0363. The Kier molecular flexibility index (Phi) is 3.49. The van der Waals surface area contributed by atoms with Crippen molar-refractivity contribution in [1.82, 2.24) is 4.98 Å². The fourth-order valence-corrected chi connectivity index (χ4v) is 1.93. The molecule has 0 aliphatic carbocycles. The van der Waals surface area contributed by atoms with E-state index in [1.54, 1.807) is 24.3 Å². The van der Waals surface area contributed by atoms with Gasteiger partial charge in [0.15, 0.2) is 0 Å². The first kappa shape index (κ1) is 12.4. The van der Waals surface area contributed by atoms with Gasteiger partial charge in [-0.3, -0.25) is 0 Å². The quantitative estimate of drug-likeness (QED) is 0.823. The van der Waals surface area contributed by atoms with Gasteiger partial charge in [0.05, 0.1) is 11.3 Å². The summed E-state index contributed by atoms with van der Waals surface area (Å²) in [5.74, 6) is 0. The van der Waals surface area contributed by atoms with E-state index >= 15 is 0 Å². The number of H-pyrrole nitrogens is 1. The Morgan fingerprint density at radius 2 is 1.89 bits per heavy atom. The predicted molar refractivity (Wildman–Crippen MR) is 66.7 cm³/mol. The monoisotopic (exact) mass is 262 g/mol. The van der Waals surface area contributed by atoms with Crippen LogP contribution in [-0.2, 0) is 0 Å². The number of nitrogens with zero attached hydrogens (tertiary/aromatic N) is 1. The molecule has 0 spiro atoms. The second-order valence-corrected chi connectivity index (χ2v) is 4.03. The Labute approximate surface area is 108 Å². The van der Waals surface area contributed by atoms with E-state index in [4.69, 9.17) is 17.5 Å². The molecule has 2 rings (SSSR count). The standard InChI is InChI=1S/C13H8F2N2S/c14-12(15)11-6-9(8-4-2-1-3-5-8)10(7-16)13(18)17-11/h1-6,12H,(H,17,18). The molecular weight excluding hydrogens is 254 g/mol. The zero-order valence-electron chi connectivity index (χ0n) is 9.15. The second-order valence-electron chi connectivity index (χ2n) is 3.62. The Morgan fingerprint density at radius 1 is 1.22 bits per heavy atom. The van der Waals surface area contributed by atoms with E-state index in [-0.39, 0.29) is 15.9 Å². The molecule has 0 aliphatic heterocycles. The molecule has 2 aromatic rings. The fourth-order valence-electron chi connectivity index (χ4n) is 1.65. The van der Waals surface area contributed by atoms with Crippen molar-refractivity contribution < 1.29 is 8.78 Å². The van der Waals surface area contributed by atoms with Crippen LogP contribution in [0.3, 0.4) is 0 Å². The summed E-state index contributed by atoms with van der Waals surface area (Å²) >= 11 is 4.93. The first-order chi connectivity index (χ1) is 8.63. The van der Waals surface area contributed by atoms with Gasteiger partial charge in [0.2, 0.25) is 0 Å². The molecule has 1 heterocycles. The lowest BCUT2D eigenvalue weighted by atomic mass is 10.0. The maximum absolute atomic E-state index is 12.7. The summed E-state index contributed by atoms with van der Waals surface area (Å²) in [5, 5.41) is 9.07. The van der Waals surface area contributed by atoms with E-state index in [1.165, 1.54) is 6.07 Å². The smallest absolute Gasteiger partial charge is 0.278 e. The molecule has 0 bridgehead atoms. The minimum atomic E-state index is -2.65. The molecule has 18 heavy (non-hydrogen) atoms. The highest BCUT2D eigenvalue weighted by molar-refractivity contribution is 7.71. The highest BCUT2D eigenvalue weighted by atomic mass is 32.1. The number of aromatic nitrogens is 1. The Bertz CT molecular complexity index is 657. The van der Waals surface area contributed by atoms with Crippen molar-refractivity contribution in [2.45, 2.75) is 6.43 Å². The molecule has 0 aliphatic rings. The molecule has 1 N–H and O–H groups in total. The summed E-state index contributed by atoms with van der Waals surface area (Å²) in [6.45, 7) is 0. The number of benzene rings is 1. The van der Waals surface area contributed by atoms with Crippen LogP contribution in [0.1, 0.15) is 17.7 Å². The largest absolute Gasteiger partial charge is 0.344 e. The normalized spacial score (nSPS) is 10.3. The number of rotatable bonds is 2. The number of halogens is 2. The zero-order valence-corrected chi connectivity index (χ0v) is 9.97. The summed E-state index contributed by atoms with van der Waals surface area (Å²) in [5.41, 5.74) is 1.05. The molecule has 1 aromatic carbocycles. The summed E-state index contributed by atoms with van der Waals surface area (Å²) in [4.78, 5) is 2.38. The maximum atomic E-state index is 12.7. The lowest BCUT2D eigenvalue weighted by Gasteiger charge is -2.08. The summed E-state index contributed by atoms with van der Waals surface area (Å²) in [6.07, 6.45) is -2.65. The summed E-state index contributed by atoms with van der Waals surface area (Å²) < 4.78 is 25.5. The molecule has 0 saturated heterocycles. The molecule has 0 radical (unpaired) electrons. The Morgan fingerprint density at radius 3 is 2.44 bits per heavy atom. The van der Waals surface area contributed by atoms with Gasteiger partial charge in [0.1, 0.15) is 10.7 Å². The van der Waals surface area contributed by atoms with E-state index in [2.05, 4.69) is 4.98 Å². The highest BCUT2D eigenvalue weighted by Crippen LogP contribution is 2.27. The van der Waals surface area contributed by atoms with Crippen molar-refractivity contribution >= 4 is 12.2 Å². The number of alkyl halides is 2. The second kappa shape index (κ2) is 5.07. The van der Waals surface area contributed by atoms with Crippen LogP contribution in [0.4, 0.5) is 8.78 Å². The molecule has 0 unspecified atom stereocenters. The third kappa shape index (κ3) is 2.29. The van der Waals surface area contributed by atoms with E-state index in [1.807, 2.05) is 12.1 Å². The first-order valence-electron chi connectivity index (χ1n) is 5.14. The molecule has 0 fully saturated rings. The van der Waals surface area contributed by atoms with Crippen LogP contribution < -0.4 is 0 Å². The predicted octanol–water partition coefficient (Wildman–Crippen LogP) is 4.22. The number of hydrogen-bond donors (Lipinski definition) is 1. The van der Waals surface area contributed by atoms with Crippen molar-refractivity contribution in [3.05, 3.63) is 52.3 Å². The zero-order chi connectivity index (χ0) is 13.1. The molecule has 0 amide bonds. The van der Waals surface area contributed by atoms with Crippen LogP contribution in [0.15, 0.2) is 36.4 Å². The van der Waals surface area contributed by atoms with Crippen molar-refractivity contribution in [3.63, 3.8) is 0 Å². The van der Waals surface area contributed by atoms with Crippen LogP contribution in [0, 0.1) is 16.0 Å². The van der Waals surface area contributed by atoms with Gasteiger partial charge in [0.25, 0.3) is 6.43 Å². The third-order valence-electron chi connectivity index (χ3n) is 2.49. The van der Waals surface area contributed by atoms with Gasteiger partial charge in [-0.15, -0.1) is 0 Å². The maximum Gasteiger partial charge on any atom is 0.278 e. The van der Waals surface area contributed by atoms with E-state index < -0.39 is 6.43 Å². The van der Waals surface area contributed by atoms with Gasteiger partial charge < -0.3 is 4.98 Å². The third-order valence-corrected chi connectivity index (χ3v) is 2.79. The minimum Gasteiger partial charge on any atom is -0.344 e. The molecular formula is C13H8F2N2S. The van der Waals surface area contributed by atoms with Crippen LogP contribution >= 0.6 is 12.2 Å². The number of nitriles is 1. The number of pyridine rings is 1. The van der Waals surface area contributed by atoms with Gasteiger partial charge in [-0.05, 0) is 11.6 Å².